The molecule has 3 nitrogen and oxygen atoms in total. The molecule has 0 aliphatic rings. The predicted molar refractivity (Wildman–Crippen MR) is 86.1 cm³/mol. The summed E-state index contributed by atoms with van der Waals surface area (Å²) in [6.07, 6.45) is 1.35. The van der Waals surface area contributed by atoms with E-state index in [1.165, 1.54) is 5.56 Å². The average Bonchev–Trinajstić information content (AvgIpc) is 2.50. The minimum absolute atomic E-state index is 0.464. The third-order valence-electron chi connectivity index (χ3n) is 3.78. The number of benzene rings is 1. The van der Waals surface area contributed by atoms with Crippen LogP contribution in [0.1, 0.15) is 35.4 Å². The van der Waals surface area contributed by atoms with Crippen LogP contribution in [0.25, 0.3) is 0 Å². The number of rotatable bonds is 6. The van der Waals surface area contributed by atoms with Gasteiger partial charge in [0, 0.05) is 19.3 Å². The molecule has 0 bridgehead atoms. The van der Waals surface area contributed by atoms with Crippen LogP contribution >= 0.6 is 0 Å². The largest absolute Gasteiger partial charge is 0.387 e. The Morgan fingerprint density at radius 1 is 1.19 bits per heavy atom. The zero-order valence-electron chi connectivity index (χ0n) is 13.1. The van der Waals surface area contributed by atoms with E-state index in [4.69, 9.17) is 0 Å². The number of aromatic nitrogens is 1. The van der Waals surface area contributed by atoms with Gasteiger partial charge in [-0.3, -0.25) is 9.88 Å². The van der Waals surface area contributed by atoms with Gasteiger partial charge in [0.2, 0.25) is 0 Å². The van der Waals surface area contributed by atoms with Gasteiger partial charge in [0.25, 0.3) is 0 Å². The van der Waals surface area contributed by atoms with Gasteiger partial charge in [0.05, 0.1) is 11.8 Å². The third kappa shape index (κ3) is 4.38. The highest BCUT2D eigenvalue weighted by Gasteiger charge is 2.15. The molecule has 21 heavy (non-hydrogen) atoms. The smallest absolute Gasteiger partial charge is 0.0919 e. The number of pyridine rings is 1. The maximum absolute atomic E-state index is 10.5. The van der Waals surface area contributed by atoms with E-state index >= 15 is 0 Å². The Balaban J connectivity index is 2.05. The molecule has 1 unspecified atom stereocenters. The molecule has 0 amide bonds. The van der Waals surface area contributed by atoms with Crippen molar-refractivity contribution in [3.63, 3.8) is 0 Å². The first-order chi connectivity index (χ1) is 10.1. The Labute approximate surface area is 127 Å². The third-order valence-corrected chi connectivity index (χ3v) is 3.78. The van der Waals surface area contributed by atoms with E-state index in [-0.39, 0.29) is 0 Å². The number of hydrogen-bond acceptors (Lipinski definition) is 3. The lowest BCUT2D eigenvalue weighted by Crippen LogP contribution is -2.28. The van der Waals surface area contributed by atoms with Crippen molar-refractivity contribution in [2.45, 2.75) is 33.4 Å². The topological polar surface area (TPSA) is 36.4 Å². The fourth-order valence-corrected chi connectivity index (χ4v) is 2.49. The number of likely N-dealkylation sites (N-methyl/N-ethyl adjacent to an activating group) is 1. The van der Waals surface area contributed by atoms with Gasteiger partial charge in [0.1, 0.15) is 0 Å². The van der Waals surface area contributed by atoms with Gasteiger partial charge in [-0.15, -0.1) is 0 Å². The molecule has 3 heteroatoms. The van der Waals surface area contributed by atoms with E-state index in [0.29, 0.717) is 6.54 Å². The Morgan fingerprint density at radius 3 is 2.67 bits per heavy atom. The van der Waals surface area contributed by atoms with Gasteiger partial charge in [0.15, 0.2) is 0 Å². The van der Waals surface area contributed by atoms with Crippen LogP contribution in [-0.4, -0.2) is 28.1 Å². The molecule has 112 valence electrons. The number of aryl methyl sites for hydroxylation is 2. The molecule has 2 aromatic rings. The highest BCUT2D eigenvalue weighted by atomic mass is 16.3. The van der Waals surface area contributed by atoms with Gasteiger partial charge < -0.3 is 5.11 Å². The molecule has 0 radical (unpaired) electrons. The summed E-state index contributed by atoms with van der Waals surface area (Å²) in [6, 6.07) is 12.2. The average molecular weight is 284 g/mol. The Bertz CT molecular complexity index is 569. The van der Waals surface area contributed by atoms with Crippen molar-refractivity contribution in [3.05, 3.63) is 65.0 Å². The Kier molecular flexibility index (Phi) is 5.48. The number of nitrogens with zero attached hydrogens (tertiary/aromatic N) is 2. The molecule has 1 aromatic heterocycles. The maximum atomic E-state index is 10.5. The Morgan fingerprint density at radius 2 is 2.00 bits per heavy atom. The van der Waals surface area contributed by atoms with E-state index in [1.807, 2.05) is 31.3 Å². The highest BCUT2D eigenvalue weighted by molar-refractivity contribution is 5.32. The van der Waals surface area contributed by atoms with Crippen molar-refractivity contribution in [1.29, 1.82) is 0 Å². The summed E-state index contributed by atoms with van der Waals surface area (Å²) in [5, 5.41) is 10.5. The summed E-state index contributed by atoms with van der Waals surface area (Å²) in [4.78, 5) is 6.57. The SMILES string of the molecule is CCN(Cc1ccccn1)CC(O)c1cc(C)ccc1C. The lowest BCUT2D eigenvalue weighted by Gasteiger charge is -2.24. The molecule has 1 N–H and O–H groups in total. The zero-order chi connectivity index (χ0) is 15.2. The summed E-state index contributed by atoms with van der Waals surface area (Å²) in [7, 11) is 0. The lowest BCUT2D eigenvalue weighted by molar-refractivity contribution is 0.111. The van der Waals surface area contributed by atoms with Crippen LogP contribution in [0.2, 0.25) is 0 Å². The number of aliphatic hydroxyl groups excluding tert-OH is 1. The molecule has 2 rings (SSSR count). The van der Waals surface area contributed by atoms with Gasteiger partial charge in [-0.2, -0.15) is 0 Å². The lowest BCUT2D eigenvalue weighted by atomic mass is 10.0. The van der Waals surface area contributed by atoms with Crippen molar-refractivity contribution in [3.8, 4) is 0 Å². The molecular formula is C18H24N2O. The maximum Gasteiger partial charge on any atom is 0.0919 e. The van der Waals surface area contributed by atoms with E-state index < -0.39 is 6.10 Å². The molecule has 0 aliphatic carbocycles. The summed E-state index contributed by atoms with van der Waals surface area (Å²) in [6.45, 7) is 8.49. The van der Waals surface area contributed by atoms with Crippen LogP contribution in [0.15, 0.2) is 42.6 Å². The van der Waals surface area contributed by atoms with Gasteiger partial charge in [-0.05, 0) is 43.7 Å². The molecular weight excluding hydrogens is 260 g/mol. The van der Waals surface area contributed by atoms with E-state index in [1.54, 1.807) is 0 Å². The minimum Gasteiger partial charge on any atom is -0.387 e. The predicted octanol–water partition coefficient (Wildman–Crippen LogP) is 3.25. The first-order valence-electron chi connectivity index (χ1n) is 7.47. The highest BCUT2D eigenvalue weighted by Crippen LogP contribution is 2.20. The van der Waals surface area contributed by atoms with Crippen LogP contribution in [-0.2, 0) is 6.54 Å². The summed E-state index contributed by atoms with van der Waals surface area (Å²) in [5.41, 5.74) is 4.38. The summed E-state index contributed by atoms with van der Waals surface area (Å²) in [5.74, 6) is 0. The second-order valence-electron chi connectivity index (χ2n) is 5.52. The molecule has 1 atom stereocenters. The monoisotopic (exact) mass is 284 g/mol. The van der Waals surface area contributed by atoms with Crippen molar-refractivity contribution in [2.24, 2.45) is 0 Å². The quantitative estimate of drug-likeness (QED) is 0.884. The molecule has 0 saturated heterocycles. The van der Waals surface area contributed by atoms with Crippen molar-refractivity contribution in [2.75, 3.05) is 13.1 Å². The van der Waals surface area contributed by atoms with Crippen LogP contribution in [0.4, 0.5) is 0 Å². The number of hydrogen-bond donors (Lipinski definition) is 1. The standard InChI is InChI=1S/C18H24N2O/c1-4-20(12-16-7-5-6-10-19-16)13-18(21)17-11-14(2)8-9-15(17)3/h5-11,18,21H,4,12-13H2,1-3H3. The molecule has 0 fully saturated rings. The van der Waals surface area contributed by atoms with Gasteiger partial charge in [-0.1, -0.05) is 36.8 Å². The van der Waals surface area contributed by atoms with Crippen molar-refractivity contribution < 1.29 is 5.11 Å². The second kappa shape index (κ2) is 7.34. The van der Waals surface area contributed by atoms with Crippen LogP contribution < -0.4 is 0 Å². The molecule has 0 aliphatic heterocycles. The summed E-state index contributed by atoms with van der Waals surface area (Å²) < 4.78 is 0. The fourth-order valence-electron chi connectivity index (χ4n) is 2.49. The van der Waals surface area contributed by atoms with E-state index in [0.717, 1.165) is 29.9 Å². The van der Waals surface area contributed by atoms with Crippen molar-refractivity contribution >= 4 is 0 Å². The molecule has 0 spiro atoms. The van der Waals surface area contributed by atoms with Crippen molar-refractivity contribution in [1.82, 2.24) is 9.88 Å². The van der Waals surface area contributed by atoms with Crippen LogP contribution in [0.5, 0.6) is 0 Å². The first kappa shape index (κ1) is 15.7. The molecule has 1 aromatic carbocycles. The van der Waals surface area contributed by atoms with Crippen LogP contribution in [0, 0.1) is 13.8 Å². The van der Waals surface area contributed by atoms with E-state index in [9.17, 15) is 5.11 Å². The normalized spacial score (nSPS) is 12.6. The summed E-state index contributed by atoms with van der Waals surface area (Å²) >= 11 is 0. The first-order valence-corrected chi connectivity index (χ1v) is 7.47. The molecule has 1 heterocycles. The fraction of sp³-hybridized carbons (Fsp3) is 0.389. The van der Waals surface area contributed by atoms with Crippen LogP contribution in [0.3, 0.4) is 0 Å². The molecule has 0 saturated carbocycles. The number of aliphatic hydroxyl groups is 1. The van der Waals surface area contributed by atoms with Gasteiger partial charge >= 0.3 is 0 Å². The zero-order valence-corrected chi connectivity index (χ0v) is 13.1. The Hall–Kier alpha value is -1.71. The minimum atomic E-state index is -0.464. The van der Waals surface area contributed by atoms with Gasteiger partial charge in [-0.25, -0.2) is 0 Å². The van der Waals surface area contributed by atoms with E-state index in [2.05, 4.69) is 41.9 Å². The second-order valence-corrected chi connectivity index (χ2v) is 5.52.